The Morgan fingerprint density at radius 2 is 1.69 bits per heavy atom. The summed E-state index contributed by atoms with van der Waals surface area (Å²) in [6, 6.07) is 2.36. The van der Waals surface area contributed by atoms with E-state index in [9.17, 15) is 0 Å². The molecule has 0 N–H and O–H groups in total. The Bertz CT molecular complexity index is 460. The summed E-state index contributed by atoms with van der Waals surface area (Å²) in [5, 5.41) is 2.34. The van der Waals surface area contributed by atoms with Crippen molar-refractivity contribution in [3.05, 3.63) is 17.0 Å². The Balaban J connectivity index is 2.14. The molecule has 1 atom stereocenters. The van der Waals surface area contributed by atoms with E-state index in [1.807, 2.05) is 2.89 Å². The second-order valence-corrected chi connectivity index (χ2v) is 22.9. The molecule has 2 rings (SSSR count). The summed E-state index contributed by atoms with van der Waals surface area (Å²) in [6.07, 6.45) is 11.8. The molecule has 1 saturated heterocycles. The first-order valence-corrected chi connectivity index (χ1v) is 19.4. The maximum absolute atomic E-state index is 6.19. The molecule has 4 heteroatoms. The van der Waals surface area contributed by atoms with Crippen LogP contribution in [0.4, 0.5) is 0 Å². The van der Waals surface area contributed by atoms with E-state index in [1.165, 1.54) is 56.9 Å². The van der Waals surface area contributed by atoms with Gasteiger partial charge in [-0.1, -0.05) is 0 Å². The van der Waals surface area contributed by atoms with Crippen LogP contribution >= 0.6 is 11.3 Å². The summed E-state index contributed by atoms with van der Waals surface area (Å²) in [5.41, 5.74) is 1.52. The summed E-state index contributed by atoms with van der Waals surface area (Å²) >= 11 is -0.260. The van der Waals surface area contributed by atoms with Crippen LogP contribution in [0.3, 0.4) is 0 Å². The first-order chi connectivity index (χ1) is 12.8. The molecule has 0 bridgehead atoms. The Labute approximate surface area is 169 Å². The van der Waals surface area contributed by atoms with Gasteiger partial charge in [0.15, 0.2) is 0 Å². The van der Waals surface area contributed by atoms with Gasteiger partial charge in [-0.3, -0.25) is 0 Å². The molecule has 2 heterocycles. The fourth-order valence-corrected chi connectivity index (χ4v) is 25.2. The maximum atomic E-state index is 6.19. The third-order valence-corrected chi connectivity index (χ3v) is 25.4. The van der Waals surface area contributed by atoms with Crippen molar-refractivity contribution in [3.63, 3.8) is 0 Å². The van der Waals surface area contributed by atoms with E-state index in [4.69, 9.17) is 9.47 Å². The number of hydrogen-bond donors (Lipinski definition) is 0. The molecular formula is C22H40O2SSn. The monoisotopic (exact) mass is 488 g/mol. The molecule has 150 valence electrons. The van der Waals surface area contributed by atoms with Gasteiger partial charge in [-0.25, -0.2) is 0 Å². The van der Waals surface area contributed by atoms with Crippen molar-refractivity contribution in [2.75, 3.05) is 6.61 Å². The molecule has 0 saturated carbocycles. The van der Waals surface area contributed by atoms with E-state index in [0.29, 0.717) is 0 Å². The van der Waals surface area contributed by atoms with Crippen molar-refractivity contribution in [1.82, 2.24) is 0 Å². The fourth-order valence-electron chi connectivity index (χ4n) is 4.20. The molecular weight excluding hydrogens is 447 g/mol. The van der Waals surface area contributed by atoms with Gasteiger partial charge in [0.25, 0.3) is 0 Å². The van der Waals surface area contributed by atoms with Crippen molar-refractivity contribution >= 4 is 32.6 Å². The van der Waals surface area contributed by atoms with Gasteiger partial charge >= 0.3 is 170 Å². The number of hydrogen-bond acceptors (Lipinski definition) is 3. The SMILES string of the molecule is CCC[CH2][Sn]([CH2]CCC)([CH2]CCC)[c]1sccc1COC1CCCCO1. The normalized spacial score (nSPS) is 18.3. The predicted octanol–water partition coefficient (Wildman–Crippen LogP) is 6.85. The Hall–Kier alpha value is 0.419. The summed E-state index contributed by atoms with van der Waals surface area (Å²) < 4.78 is 18.4. The van der Waals surface area contributed by atoms with Crippen LogP contribution in [0.25, 0.3) is 0 Å². The molecule has 1 aliphatic rings. The van der Waals surface area contributed by atoms with Crippen molar-refractivity contribution in [1.29, 1.82) is 0 Å². The minimum absolute atomic E-state index is 0.0306. The molecule has 1 fully saturated rings. The second kappa shape index (κ2) is 12.8. The zero-order valence-electron chi connectivity index (χ0n) is 17.4. The molecule has 1 aromatic heterocycles. The third kappa shape index (κ3) is 6.79. The fraction of sp³-hybridized carbons (Fsp3) is 0.818. The van der Waals surface area contributed by atoms with Gasteiger partial charge < -0.3 is 0 Å². The predicted molar refractivity (Wildman–Crippen MR) is 117 cm³/mol. The van der Waals surface area contributed by atoms with Gasteiger partial charge in [-0.05, 0) is 0 Å². The van der Waals surface area contributed by atoms with Crippen molar-refractivity contribution in [2.24, 2.45) is 0 Å². The van der Waals surface area contributed by atoms with E-state index in [2.05, 4.69) is 43.6 Å². The van der Waals surface area contributed by atoms with Gasteiger partial charge in [0, 0.05) is 0 Å². The number of rotatable bonds is 13. The topological polar surface area (TPSA) is 18.5 Å². The quantitative estimate of drug-likeness (QED) is 0.284. The third-order valence-electron chi connectivity index (χ3n) is 5.82. The summed E-state index contributed by atoms with van der Waals surface area (Å²) in [7, 11) is 0. The van der Waals surface area contributed by atoms with E-state index in [-0.39, 0.29) is 6.29 Å². The number of ether oxygens (including phenoxy) is 2. The zero-order valence-corrected chi connectivity index (χ0v) is 21.0. The van der Waals surface area contributed by atoms with Crippen LogP contribution in [0.1, 0.15) is 84.1 Å². The second-order valence-electron chi connectivity index (χ2n) is 7.97. The van der Waals surface area contributed by atoms with E-state index < -0.39 is 18.4 Å². The summed E-state index contributed by atoms with van der Waals surface area (Å²) in [4.78, 5) is 0. The van der Waals surface area contributed by atoms with Crippen LogP contribution in [0.5, 0.6) is 0 Å². The van der Waals surface area contributed by atoms with Crippen LogP contribution in [0, 0.1) is 0 Å². The summed E-state index contributed by atoms with van der Waals surface area (Å²) in [6.45, 7) is 8.71. The van der Waals surface area contributed by atoms with E-state index in [1.54, 1.807) is 13.3 Å². The molecule has 1 aromatic rings. The van der Waals surface area contributed by atoms with Crippen molar-refractivity contribution in [2.45, 2.75) is 105 Å². The Kier molecular flexibility index (Phi) is 11.2. The minimum atomic E-state index is -2.33. The molecule has 0 aliphatic carbocycles. The number of unbranched alkanes of at least 4 members (excludes halogenated alkanes) is 3. The molecule has 26 heavy (non-hydrogen) atoms. The zero-order chi connectivity index (χ0) is 18.7. The number of thiophene rings is 1. The van der Waals surface area contributed by atoms with E-state index in [0.717, 1.165) is 19.6 Å². The van der Waals surface area contributed by atoms with Gasteiger partial charge in [-0.15, -0.1) is 0 Å². The molecule has 0 amide bonds. The molecule has 0 aromatic carbocycles. The molecule has 0 radical (unpaired) electrons. The van der Waals surface area contributed by atoms with Crippen LogP contribution in [-0.2, 0) is 16.1 Å². The van der Waals surface area contributed by atoms with Gasteiger partial charge in [0.1, 0.15) is 0 Å². The van der Waals surface area contributed by atoms with Crippen LogP contribution in [0.2, 0.25) is 13.3 Å². The average Bonchev–Trinajstić information content (AvgIpc) is 3.16. The average molecular weight is 487 g/mol. The van der Waals surface area contributed by atoms with E-state index >= 15 is 0 Å². The van der Waals surface area contributed by atoms with Crippen LogP contribution in [-0.4, -0.2) is 31.3 Å². The molecule has 2 nitrogen and oxygen atoms in total. The van der Waals surface area contributed by atoms with Gasteiger partial charge in [0.05, 0.1) is 0 Å². The molecule has 1 unspecified atom stereocenters. The van der Waals surface area contributed by atoms with Crippen LogP contribution < -0.4 is 2.89 Å². The first-order valence-electron chi connectivity index (χ1n) is 11.1. The molecule has 1 aliphatic heterocycles. The first kappa shape index (κ1) is 22.7. The van der Waals surface area contributed by atoms with Crippen molar-refractivity contribution < 1.29 is 9.47 Å². The van der Waals surface area contributed by atoms with Crippen molar-refractivity contribution in [3.8, 4) is 0 Å². The van der Waals surface area contributed by atoms with Crippen LogP contribution in [0.15, 0.2) is 11.4 Å². The summed E-state index contributed by atoms with van der Waals surface area (Å²) in [5.74, 6) is 0. The molecule has 0 spiro atoms. The van der Waals surface area contributed by atoms with Gasteiger partial charge in [-0.2, -0.15) is 0 Å². The Morgan fingerprint density at radius 3 is 2.23 bits per heavy atom. The van der Waals surface area contributed by atoms with Gasteiger partial charge in [0.2, 0.25) is 0 Å². The standard InChI is InChI=1S/C10H13O2S.3C4H9.Sn/c1-2-5-11-10(3-1)12-7-9-4-6-13-8-9;3*1-3-4-2;/h4,6,10H,1-3,5,7H2;3*1,3-4H2,2H3;. The Morgan fingerprint density at radius 1 is 1.04 bits per heavy atom.